The smallest absolute Gasteiger partial charge is 0.222 e. The van der Waals surface area contributed by atoms with Gasteiger partial charge in [0.1, 0.15) is 0 Å². The van der Waals surface area contributed by atoms with Gasteiger partial charge in [-0.1, -0.05) is 38.5 Å². The van der Waals surface area contributed by atoms with E-state index in [4.69, 9.17) is 20.4 Å². The van der Waals surface area contributed by atoms with Gasteiger partial charge in [0, 0.05) is 0 Å². The van der Waals surface area contributed by atoms with E-state index in [0.29, 0.717) is 0 Å². The van der Waals surface area contributed by atoms with Crippen molar-refractivity contribution < 1.29 is 19.2 Å². The number of isocyanates is 4. The lowest BCUT2D eigenvalue weighted by Crippen LogP contribution is -2.41. The van der Waals surface area contributed by atoms with Gasteiger partial charge in [0.2, 0.25) is 24.3 Å². The van der Waals surface area contributed by atoms with Gasteiger partial charge in [-0.3, -0.25) is 0 Å². The Bertz CT molecular complexity index is 503. The van der Waals surface area contributed by atoms with Crippen LogP contribution in [0.5, 0.6) is 0 Å². The molecule has 2 aliphatic carbocycles. The van der Waals surface area contributed by atoms with E-state index >= 15 is 0 Å². The third-order valence-electron chi connectivity index (χ3n) is 4.79. The number of aliphatic imine (C=N–C) groups is 2. The maximum absolute atomic E-state index is 10.8. The number of hydrogen-bond donors (Lipinski definition) is 2. The molecule has 0 heterocycles. The molecule has 0 spiro atoms. The number of nitrogens with one attached hydrogen (secondary N) is 2. The van der Waals surface area contributed by atoms with Gasteiger partial charge >= 0.3 is 0 Å². The molecule has 0 aromatic carbocycles. The van der Waals surface area contributed by atoms with E-state index in [2.05, 4.69) is 9.98 Å². The van der Waals surface area contributed by atoms with Crippen molar-refractivity contribution >= 4 is 24.3 Å². The Hall–Kier alpha value is -2.48. The summed E-state index contributed by atoms with van der Waals surface area (Å²) in [6, 6.07) is 0. The zero-order valence-electron chi connectivity index (χ0n) is 14.3. The standard InChI is InChI=1S/C15H22N2O2.2CHNO/c18-12-16-14(7-3-1-4-8-14)11-15(17-13-19)9-5-2-6-10-15;2*2-1-3/h1-11H2;2*2H. The van der Waals surface area contributed by atoms with Gasteiger partial charge in [-0.25, -0.2) is 30.0 Å². The van der Waals surface area contributed by atoms with E-state index in [0.717, 1.165) is 69.9 Å². The van der Waals surface area contributed by atoms with E-state index < -0.39 is 0 Å². The number of nitrogens with zero attached hydrogens (tertiary/aromatic N) is 2. The third kappa shape index (κ3) is 8.25. The summed E-state index contributed by atoms with van der Waals surface area (Å²) >= 11 is 0. The summed E-state index contributed by atoms with van der Waals surface area (Å²) in [5.41, 5.74) is -0.643. The normalized spacial score (nSPS) is 19.5. The van der Waals surface area contributed by atoms with Crippen LogP contribution in [0, 0.1) is 10.8 Å². The second kappa shape index (κ2) is 12.9. The van der Waals surface area contributed by atoms with Gasteiger partial charge < -0.3 is 0 Å². The van der Waals surface area contributed by atoms with Crippen LogP contribution in [-0.2, 0) is 19.2 Å². The zero-order chi connectivity index (χ0) is 19.0. The van der Waals surface area contributed by atoms with E-state index in [-0.39, 0.29) is 11.1 Å². The van der Waals surface area contributed by atoms with Crippen LogP contribution in [-0.4, -0.2) is 35.4 Å². The van der Waals surface area contributed by atoms with Crippen molar-refractivity contribution in [3.63, 3.8) is 0 Å². The van der Waals surface area contributed by atoms with Crippen molar-refractivity contribution in [2.24, 2.45) is 9.98 Å². The molecular formula is C17H24N4O4. The average Bonchev–Trinajstić information content (AvgIpc) is 2.58. The Morgan fingerprint density at radius 3 is 1.16 bits per heavy atom. The molecule has 0 bridgehead atoms. The molecule has 2 rings (SSSR count). The molecule has 0 radical (unpaired) electrons. The Kier molecular flexibility index (Phi) is 11.6. The monoisotopic (exact) mass is 348 g/mol. The highest BCUT2D eigenvalue weighted by Crippen LogP contribution is 2.44. The van der Waals surface area contributed by atoms with Gasteiger partial charge in [0.05, 0.1) is 11.1 Å². The fourth-order valence-corrected chi connectivity index (χ4v) is 3.88. The topological polar surface area (TPSA) is 141 Å². The minimum Gasteiger partial charge on any atom is -0.222 e. The minimum atomic E-state index is -0.322. The zero-order valence-corrected chi connectivity index (χ0v) is 14.3. The van der Waals surface area contributed by atoms with Crippen molar-refractivity contribution in [3.05, 3.63) is 0 Å². The van der Waals surface area contributed by atoms with E-state index in [1.165, 1.54) is 12.8 Å². The third-order valence-corrected chi connectivity index (χ3v) is 4.79. The Morgan fingerprint density at radius 1 is 0.640 bits per heavy atom. The summed E-state index contributed by atoms with van der Waals surface area (Å²) < 4.78 is 0. The minimum absolute atomic E-state index is 0.322. The van der Waals surface area contributed by atoms with Crippen LogP contribution in [0.4, 0.5) is 0 Å². The first kappa shape index (κ1) is 22.5. The van der Waals surface area contributed by atoms with E-state index in [9.17, 15) is 9.59 Å². The lowest BCUT2D eigenvalue weighted by Gasteiger charge is -2.41. The molecule has 0 unspecified atom stereocenters. The van der Waals surface area contributed by atoms with Gasteiger partial charge in [-0.15, -0.1) is 0 Å². The average molecular weight is 348 g/mol. The first-order chi connectivity index (χ1) is 12.1. The highest BCUT2D eigenvalue weighted by atomic mass is 16.1. The molecule has 0 atom stereocenters. The van der Waals surface area contributed by atoms with E-state index in [1.54, 1.807) is 12.2 Å². The molecule has 0 saturated heterocycles. The van der Waals surface area contributed by atoms with Crippen LogP contribution in [0.3, 0.4) is 0 Å². The summed E-state index contributed by atoms with van der Waals surface area (Å²) in [4.78, 5) is 46.5. The van der Waals surface area contributed by atoms with Crippen molar-refractivity contribution in [1.29, 1.82) is 10.8 Å². The van der Waals surface area contributed by atoms with Gasteiger partial charge in [0.25, 0.3) is 0 Å². The largest absolute Gasteiger partial charge is 0.235 e. The molecule has 2 N–H and O–H groups in total. The maximum atomic E-state index is 10.8. The second-order valence-corrected chi connectivity index (χ2v) is 6.36. The van der Waals surface area contributed by atoms with Crippen molar-refractivity contribution in [3.8, 4) is 0 Å². The Labute approximate surface area is 146 Å². The van der Waals surface area contributed by atoms with Crippen LogP contribution in [0.15, 0.2) is 9.98 Å². The van der Waals surface area contributed by atoms with Crippen LogP contribution in [0.1, 0.15) is 70.6 Å². The molecule has 8 heteroatoms. The molecule has 0 aromatic rings. The highest BCUT2D eigenvalue weighted by Gasteiger charge is 2.43. The molecule has 8 nitrogen and oxygen atoms in total. The van der Waals surface area contributed by atoms with Crippen molar-refractivity contribution in [1.82, 2.24) is 0 Å². The molecular weight excluding hydrogens is 324 g/mol. The molecule has 0 amide bonds. The lowest BCUT2D eigenvalue weighted by molar-refractivity contribution is 0.181. The molecule has 0 aromatic heterocycles. The highest BCUT2D eigenvalue weighted by molar-refractivity contribution is 5.37. The summed E-state index contributed by atoms with van der Waals surface area (Å²) in [6.07, 6.45) is 16.3. The summed E-state index contributed by atoms with van der Waals surface area (Å²) in [6.45, 7) is 0. The summed E-state index contributed by atoms with van der Waals surface area (Å²) in [7, 11) is 0. The van der Waals surface area contributed by atoms with Gasteiger partial charge in [-0.05, 0) is 32.1 Å². The number of carbonyl (C=O) groups excluding carboxylic acids is 4. The van der Waals surface area contributed by atoms with Crippen LogP contribution < -0.4 is 0 Å². The van der Waals surface area contributed by atoms with Crippen molar-refractivity contribution in [2.45, 2.75) is 81.7 Å². The SMILES string of the molecule is N=C=O.N=C=O.O=C=NC1(CC2(N=C=O)CCCCC2)CCCCC1. The molecule has 2 saturated carbocycles. The van der Waals surface area contributed by atoms with Gasteiger partial charge in [0.15, 0.2) is 0 Å². The fourth-order valence-electron chi connectivity index (χ4n) is 3.88. The van der Waals surface area contributed by atoms with E-state index in [1.807, 2.05) is 0 Å². The predicted octanol–water partition coefficient (Wildman–Crippen LogP) is 3.26. The molecule has 2 aliphatic rings. The van der Waals surface area contributed by atoms with Crippen LogP contribution >= 0.6 is 0 Å². The number of hydrogen-bond acceptors (Lipinski definition) is 8. The fraction of sp³-hybridized carbons (Fsp3) is 0.765. The molecule has 0 aliphatic heterocycles. The summed E-state index contributed by atoms with van der Waals surface area (Å²) in [5.74, 6) is 0. The van der Waals surface area contributed by atoms with Gasteiger partial charge in [-0.2, -0.15) is 9.98 Å². The maximum Gasteiger partial charge on any atom is 0.235 e. The Balaban J connectivity index is 0.000000844. The lowest BCUT2D eigenvalue weighted by atomic mass is 9.69. The number of rotatable bonds is 4. The molecule has 2 fully saturated rings. The van der Waals surface area contributed by atoms with Crippen LogP contribution in [0.2, 0.25) is 0 Å². The van der Waals surface area contributed by atoms with Crippen molar-refractivity contribution in [2.75, 3.05) is 0 Å². The molecule has 136 valence electrons. The summed E-state index contributed by atoms with van der Waals surface area (Å²) in [5, 5.41) is 10.8. The first-order valence-corrected chi connectivity index (χ1v) is 8.33. The first-order valence-electron chi connectivity index (χ1n) is 8.33. The van der Waals surface area contributed by atoms with Crippen LogP contribution in [0.25, 0.3) is 0 Å². The predicted molar refractivity (Wildman–Crippen MR) is 89.3 cm³/mol. The Morgan fingerprint density at radius 2 is 0.920 bits per heavy atom. The quantitative estimate of drug-likeness (QED) is 0.594. The second-order valence-electron chi connectivity index (χ2n) is 6.36. The molecule has 25 heavy (non-hydrogen) atoms.